The van der Waals surface area contributed by atoms with Crippen LogP contribution in [0.1, 0.15) is 56.6 Å². The Hall–Kier alpha value is -4.46. The number of nitrogens with one attached hydrogen (secondary N) is 2. The van der Waals surface area contributed by atoms with Crippen LogP contribution in [-0.2, 0) is 17.1 Å². The molecule has 0 radical (unpaired) electrons. The zero-order valence-electron chi connectivity index (χ0n) is 20.2. The highest BCUT2D eigenvalue weighted by Gasteiger charge is 2.42. The molecule has 1 atom stereocenters. The maximum Gasteiger partial charge on any atom is 0.434 e. The lowest BCUT2D eigenvalue weighted by Gasteiger charge is -2.18. The summed E-state index contributed by atoms with van der Waals surface area (Å²) in [6.07, 6.45) is -8.30. The highest BCUT2D eigenvalue weighted by Crippen LogP contribution is 2.41. The topological polar surface area (TPSA) is 98.1 Å². The monoisotopic (exact) mass is 561 g/mol. The Balaban J connectivity index is 1.40. The number of benzene rings is 2. The molecule has 2 aliphatic rings. The molecule has 0 bridgehead atoms. The highest BCUT2D eigenvalue weighted by molar-refractivity contribution is 6.25. The molecule has 8 nitrogen and oxygen atoms in total. The van der Waals surface area contributed by atoms with E-state index in [1.54, 1.807) is 0 Å². The normalized spacial score (nSPS) is 16.9. The molecule has 4 aromatic rings. The molecule has 2 amide bonds. The van der Waals surface area contributed by atoms with Gasteiger partial charge in [0.05, 0.1) is 40.6 Å². The number of nitrogens with zero attached hydrogens (tertiary/aromatic N) is 3. The number of hydrogen-bond acceptors (Lipinski definition) is 5. The molecule has 0 aliphatic carbocycles. The van der Waals surface area contributed by atoms with Gasteiger partial charge in [0.2, 0.25) is 0 Å². The van der Waals surface area contributed by atoms with Crippen LogP contribution in [0.15, 0.2) is 48.8 Å². The number of carbonyl (C=O) groups excluding carboxylic acids is 2. The lowest BCUT2D eigenvalue weighted by atomic mass is 10.0. The van der Waals surface area contributed by atoms with Gasteiger partial charge >= 0.3 is 12.4 Å². The number of carbonyl (C=O) groups is 2. The molecule has 2 N–H and O–H groups in total. The van der Waals surface area contributed by atoms with Gasteiger partial charge in [-0.05, 0) is 37.1 Å². The summed E-state index contributed by atoms with van der Waals surface area (Å²) < 4.78 is 90.1. The number of anilines is 2. The first-order valence-corrected chi connectivity index (χ1v) is 12.0. The maximum absolute atomic E-state index is 14.3. The smallest absolute Gasteiger partial charge is 0.372 e. The number of pyridine rings is 1. The second-order valence-electron chi connectivity index (χ2n) is 9.24. The largest absolute Gasteiger partial charge is 0.434 e. The molecule has 2 aromatic heterocycles. The van der Waals surface area contributed by atoms with Gasteiger partial charge in [0, 0.05) is 28.6 Å². The molecular formula is C26H17F6N5O3. The highest BCUT2D eigenvalue weighted by atomic mass is 19.4. The second kappa shape index (κ2) is 9.05. The number of amides is 2. The summed E-state index contributed by atoms with van der Waals surface area (Å²) in [4.78, 5) is 29.0. The molecule has 0 spiro atoms. The third kappa shape index (κ3) is 4.24. The van der Waals surface area contributed by atoms with E-state index in [2.05, 4.69) is 20.7 Å². The Morgan fingerprint density at radius 3 is 2.58 bits per heavy atom. The predicted molar refractivity (Wildman–Crippen MR) is 129 cm³/mol. The van der Waals surface area contributed by atoms with Crippen LogP contribution in [0.25, 0.3) is 16.5 Å². The van der Waals surface area contributed by atoms with E-state index >= 15 is 0 Å². The Bertz CT molecular complexity index is 1690. The van der Waals surface area contributed by atoms with Crippen molar-refractivity contribution in [2.24, 2.45) is 0 Å². The summed E-state index contributed by atoms with van der Waals surface area (Å²) in [5.41, 5.74) is -3.68. The van der Waals surface area contributed by atoms with Crippen molar-refractivity contribution in [2.45, 2.75) is 31.3 Å². The first-order chi connectivity index (χ1) is 18.9. The number of ether oxygens (including phenoxy) is 1. The summed E-state index contributed by atoms with van der Waals surface area (Å²) in [5.74, 6) is -1.74. The molecule has 4 heterocycles. The van der Waals surface area contributed by atoms with Gasteiger partial charge in [-0.2, -0.15) is 31.4 Å². The van der Waals surface area contributed by atoms with Gasteiger partial charge in [0.15, 0.2) is 5.69 Å². The van der Waals surface area contributed by atoms with Crippen molar-refractivity contribution in [3.05, 3.63) is 76.9 Å². The first-order valence-electron chi connectivity index (χ1n) is 12.0. The zero-order chi connectivity index (χ0) is 28.4. The van der Waals surface area contributed by atoms with E-state index in [1.165, 1.54) is 30.3 Å². The van der Waals surface area contributed by atoms with Gasteiger partial charge < -0.3 is 15.4 Å². The minimum Gasteiger partial charge on any atom is -0.372 e. The summed E-state index contributed by atoms with van der Waals surface area (Å²) >= 11 is 0. The van der Waals surface area contributed by atoms with E-state index in [4.69, 9.17) is 4.74 Å². The van der Waals surface area contributed by atoms with Crippen molar-refractivity contribution in [3.8, 4) is 5.69 Å². The minimum absolute atomic E-state index is 0.0505. The summed E-state index contributed by atoms with van der Waals surface area (Å²) in [7, 11) is 0. The molecule has 6 rings (SSSR count). The van der Waals surface area contributed by atoms with Crippen LogP contribution in [0.3, 0.4) is 0 Å². The molecule has 206 valence electrons. The van der Waals surface area contributed by atoms with Crippen LogP contribution in [0, 0.1) is 0 Å². The van der Waals surface area contributed by atoms with Crippen LogP contribution in [0.4, 0.5) is 37.7 Å². The molecule has 0 saturated carbocycles. The van der Waals surface area contributed by atoms with Crippen LogP contribution in [-0.4, -0.2) is 33.2 Å². The standard InChI is InChI=1S/C26H17F6N5O3/c27-25(28,29)16-9-12(10-33-21(16)19-5-2-8-40-19)35-24(39)15-11-34-37(22(15)26(30,31)32)18-7-6-17-20-13(18)3-1-4-14(20)23(38)36-17/h1,3-4,6-7,9-11,19H,2,5,8H2,(H,35,39)(H,36,38). The third-order valence-corrected chi connectivity index (χ3v) is 6.74. The van der Waals surface area contributed by atoms with Crippen LogP contribution < -0.4 is 10.6 Å². The molecule has 14 heteroatoms. The second-order valence-corrected chi connectivity index (χ2v) is 9.24. The molecular weight excluding hydrogens is 544 g/mol. The molecule has 1 saturated heterocycles. The summed E-state index contributed by atoms with van der Waals surface area (Å²) in [5, 5.41) is 9.20. The minimum atomic E-state index is -5.08. The Morgan fingerprint density at radius 2 is 1.88 bits per heavy atom. The molecule has 2 aliphatic heterocycles. The Kier molecular flexibility index (Phi) is 5.83. The van der Waals surface area contributed by atoms with E-state index in [0.29, 0.717) is 40.9 Å². The van der Waals surface area contributed by atoms with E-state index in [-0.39, 0.29) is 28.9 Å². The van der Waals surface area contributed by atoms with Gasteiger partial charge in [-0.15, -0.1) is 0 Å². The SMILES string of the molecule is O=C(Nc1cnc(C2CCCO2)c(C(F)(F)F)c1)c1cnn(-c2ccc3c4c(cccc24)C(=O)N3)c1C(F)(F)F. The number of halogens is 6. The van der Waals surface area contributed by atoms with Gasteiger partial charge in [0.1, 0.15) is 6.10 Å². The van der Waals surface area contributed by atoms with Crippen molar-refractivity contribution in [2.75, 3.05) is 17.2 Å². The van der Waals surface area contributed by atoms with Gasteiger partial charge in [-0.25, -0.2) is 4.68 Å². The number of rotatable bonds is 4. The number of alkyl halides is 6. The average molecular weight is 561 g/mol. The van der Waals surface area contributed by atoms with E-state index in [9.17, 15) is 35.9 Å². The third-order valence-electron chi connectivity index (χ3n) is 6.74. The fourth-order valence-corrected chi connectivity index (χ4v) is 5.05. The van der Waals surface area contributed by atoms with E-state index < -0.39 is 52.8 Å². The molecule has 1 fully saturated rings. The van der Waals surface area contributed by atoms with Crippen LogP contribution in [0.5, 0.6) is 0 Å². The zero-order valence-corrected chi connectivity index (χ0v) is 20.2. The molecule has 2 aromatic carbocycles. The Morgan fingerprint density at radius 1 is 1.07 bits per heavy atom. The molecule has 1 unspecified atom stereocenters. The van der Waals surface area contributed by atoms with Crippen LogP contribution >= 0.6 is 0 Å². The Labute approximate surface area is 220 Å². The number of hydrogen-bond donors (Lipinski definition) is 2. The average Bonchev–Trinajstić information content (AvgIpc) is 3.64. The van der Waals surface area contributed by atoms with E-state index in [0.717, 1.165) is 6.20 Å². The van der Waals surface area contributed by atoms with Crippen molar-refractivity contribution in [1.82, 2.24) is 14.8 Å². The predicted octanol–water partition coefficient (Wildman–Crippen LogP) is 6.13. The van der Waals surface area contributed by atoms with Crippen molar-refractivity contribution < 1.29 is 40.7 Å². The lowest BCUT2D eigenvalue weighted by molar-refractivity contribution is -0.143. The quantitative estimate of drug-likeness (QED) is 0.292. The van der Waals surface area contributed by atoms with Crippen molar-refractivity contribution >= 4 is 34.0 Å². The number of aromatic nitrogens is 3. The fourth-order valence-electron chi connectivity index (χ4n) is 5.05. The summed E-state index contributed by atoms with van der Waals surface area (Å²) in [6, 6.07) is 7.91. The van der Waals surface area contributed by atoms with Crippen molar-refractivity contribution in [1.29, 1.82) is 0 Å². The van der Waals surface area contributed by atoms with Crippen molar-refractivity contribution in [3.63, 3.8) is 0 Å². The lowest BCUT2D eigenvalue weighted by Crippen LogP contribution is -2.21. The first kappa shape index (κ1) is 25.8. The van der Waals surface area contributed by atoms with Crippen LogP contribution in [0.2, 0.25) is 0 Å². The van der Waals surface area contributed by atoms with Gasteiger partial charge in [0.25, 0.3) is 11.8 Å². The molecule has 40 heavy (non-hydrogen) atoms. The maximum atomic E-state index is 14.3. The summed E-state index contributed by atoms with van der Waals surface area (Å²) in [6.45, 7) is 0.276. The van der Waals surface area contributed by atoms with E-state index in [1.807, 2.05) is 0 Å². The van der Waals surface area contributed by atoms with Gasteiger partial charge in [-0.1, -0.05) is 12.1 Å². The fraction of sp³-hybridized carbons (Fsp3) is 0.231. The van der Waals surface area contributed by atoms with Gasteiger partial charge in [-0.3, -0.25) is 14.6 Å².